The van der Waals surface area contributed by atoms with Crippen molar-refractivity contribution in [2.45, 2.75) is 6.92 Å². The number of rotatable bonds is 5. The minimum absolute atomic E-state index is 0.756. The Hall–Kier alpha value is -1.28. The summed E-state index contributed by atoms with van der Waals surface area (Å²) in [6, 6.07) is 8.18. The van der Waals surface area contributed by atoms with Gasteiger partial charge in [-0.3, -0.25) is 0 Å². The molecule has 1 aromatic rings. The van der Waals surface area contributed by atoms with Gasteiger partial charge in [0.1, 0.15) is 18.9 Å². The fourth-order valence-electron chi connectivity index (χ4n) is 1.30. The van der Waals surface area contributed by atoms with E-state index in [0.717, 1.165) is 23.4 Å². The Bertz CT molecular complexity index is 333. The van der Waals surface area contributed by atoms with Crippen molar-refractivity contribution < 1.29 is 9.22 Å². The van der Waals surface area contributed by atoms with Crippen molar-refractivity contribution in [3.05, 3.63) is 35.9 Å². The first-order chi connectivity index (χ1) is 7.51. The van der Waals surface area contributed by atoms with Crippen LogP contribution >= 0.6 is 0 Å². The van der Waals surface area contributed by atoms with Crippen molar-refractivity contribution in [1.82, 2.24) is 0 Å². The van der Waals surface area contributed by atoms with Crippen LogP contribution in [0.4, 0.5) is 0 Å². The van der Waals surface area contributed by atoms with Crippen LogP contribution in [0.2, 0.25) is 0 Å². The van der Waals surface area contributed by atoms with Gasteiger partial charge in [0.2, 0.25) is 0 Å². The maximum atomic E-state index is 5.68. The third-order valence-corrected chi connectivity index (χ3v) is 2.27. The van der Waals surface area contributed by atoms with Crippen LogP contribution in [0.5, 0.6) is 5.75 Å². The summed E-state index contributed by atoms with van der Waals surface area (Å²) in [6.45, 7) is 3.79. The van der Waals surface area contributed by atoms with Crippen LogP contribution in [0.25, 0.3) is 6.08 Å². The van der Waals surface area contributed by atoms with Crippen LogP contribution in [-0.2, 0) is 0 Å². The van der Waals surface area contributed by atoms with E-state index < -0.39 is 0 Å². The lowest BCUT2D eigenvalue weighted by Crippen LogP contribution is -2.38. The van der Waals surface area contributed by atoms with Gasteiger partial charge in [-0.2, -0.15) is 0 Å². The van der Waals surface area contributed by atoms with Crippen LogP contribution in [0.3, 0.4) is 0 Å². The Morgan fingerprint density at radius 3 is 2.25 bits per heavy atom. The molecule has 1 rings (SSSR count). The molecule has 0 aliphatic rings. The maximum Gasteiger partial charge on any atom is 0.137 e. The van der Waals surface area contributed by atoms with E-state index in [4.69, 9.17) is 4.74 Å². The summed E-state index contributed by atoms with van der Waals surface area (Å²) in [4.78, 5) is 0. The normalized spacial score (nSPS) is 12.0. The van der Waals surface area contributed by atoms with Gasteiger partial charge in [0.25, 0.3) is 0 Å². The molecule has 0 spiro atoms. The second-order valence-electron chi connectivity index (χ2n) is 4.93. The Labute approximate surface area is 98.7 Å². The number of nitrogens with zero attached hydrogens (tertiary/aromatic N) is 1. The Kier molecular flexibility index (Phi) is 4.56. The molecule has 0 unspecified atom stereocenters. The highest BCUT2D eigenvalue weighted by molar-refractivity contribution is 5.50. The lowest BCUT2D eigenvalue weighted by molar-refractivity contribution is -0.870. The third kappa shape index (κ3) is 4.99. The van der Waals surface area contributed by atoms with Gasteiger partial charge in [-0.25, -0.2) is 0 Å². The summed E-state index contributed by atoms with van der Waals surface area (Å²) < 4.78 is 6.60. The van der Waals surface area contributed by atoms with Crippen LogP contribution in [0, 0.1) is 0 Å². The smallest absolute Gasteiger partial charge is 0.137 e. The Balaban J connectivity index is 2.43. The van der Waals surface area contributed by atoms with E-state index in [1.165, 1.54) is 5.56 Å². The highest BCUT2D eigenvalue weighted by Crippen LogP contribution is 2.13. The molecule has 1 aromatic carbocycles. The molecule has 88 valence electrons. The van der Waals surface area contributed by atoms with Crippen molar-refractivity contribution in [2.24, 2.45) is 0 Å². The summed E-state index contributed by atoms with van der Waals surface area (Å²) in [5, 5.41) is 0. The van der Waals surface area contributed by atoms with Crippen LogP contribution in [-0.4, -0.2) is 38.8 Å². The molecule has 0 bridgehead atoms. The molecular weight excluding hydrogens is 198 g/mol. The number of benzene rings is 1. The summed E-state index contributed by atoms with van der Waals surface area (Å²) in [6.07, 6.45) is 4.11. The Morgan fingerprint density at radius 2 is 1.75 bits per heavy atom. The number of hydrogen-bond acceptors (Lipinski definition) is 1. The van der Waals surface area contributed by atoms with E-state index in [1.807, 2.05) is 25.1 Å². The molecule has 0 aliphatic heterocycles. The highest BCUT2D eigenvalue weighted by atomic mass is 16.5. The molecule has 16 heavy (non-hydrogen) atoms. The zero-order valence-electron chi connectivity index (χ0n) is 10.7. The van der Waals surface area contributed by atoms with E-state index >= 15 is 0 Å². The molecule has 2 heteroatoms. The quantitative estimate of drug-likeness (QED) is 0.693. The first kappa shape index (κ1) is 12.8. The van der Waals surface area contributed by atoms with Gasteiger partial charge >= 0.3 is 0 Å². The zero-order valence-corrected chi connectivity index (χ0v) is 10.7. The second kappa shape index (κ2) is 5.71. The Morgan fingerprint density at radius 1 is 1.12 bits per heavy atom. The highest BCUT2D eigenvalue weighted by Gasteiger charge is 2.06. The summed E-state index contributed by atoms with van der Waals surface area (Å²) >= 11 is 0. The lowest BCUT2D eigenvalue weighted by atomic mass is 10.2. The van der Waals surface area contributed by atoms with Gasteiger partial charge in [-0.1, -0.05) is 24.3 Å². The molecule has 0 amide bonds. The van der Waals surface area contributed by atoms with E-state index in [2.05, 4.69) is 39.4 Å². The summed E-state index contributed by atoms with van der Waals surface area (Å²) in [5.74, 6) is 0.946. The van der Waals surface area contributed by atoms with E-state index in [-0.39, 0.29) is 0 Å². The van der Waals surface area contributed by atoms with Gasteiger partial charge in [-0.15, -0.1) is 0 Å². The van der Waals surface area contributed by atoms with E-state index in [9.17, 15) is 0 Å². The fraction of sp³-hybridized carbons (Fsp3) is 0.429. The van der Waals surface area contributed by atoms with Crippen LogP contribution in [0.1, 0.15) is 12.5 Å². The molecule has 0 fully saturated rings. The molecule has 0 saturated heterocycles. The monoisotopic (exact) mass is 220 g/mol. The van der Waals surface area contributed by atoms with Gasteiger partial charge in [0.05, 0.1) is 21.1 Å². The predicted octanol–water partition coefficient (Wildman–Crippen LogP) is 2.80. The van der Waals surface area contributed by atoms with Crippen molar-refractivity contribution in [1.29, 1.82) is 0 Å². The van der Waals surface area contributed by atoms with Crippen molar-refractivity contribution in [3.63, 3.8) is 0 Å². The van der Waals surface area contributed by atoms with E-state index in [1.54, 1.807) is 0 Å². The van der Waals surface area contributed by atoms with Gasteiger partial charge in [0.15, 0.2) is 0 Å². The first-order valence-corrected chi connectivity index (χ1v) is 5.67. The first-order valence-electron chi connectivity index (χ1n) is 5.67. The molecule has 0 N–H and O–H groups in total. The van der Waals surface area contributed by atoms with E-state index in [0.29, 0.717) is 0 Å². The minimum atomic E-state index is 0.756. The van der Waals surface area contributed by atoms with Gasteiger partial charge in [0, 0.05) is 0 Å². The largest absolute Gasteiger partial charge is 0.488 e. The van der Waals surface area contributed by atoms with Gasteiger partial charge in [-0.05, 0) is 24.6 Å². The molecular formula is C14H22NO+. The maximum absolute atomic E-state index is 5.68. The number of likely N-dealkylation sites (N-methyl/N-ethyl adjacent to an activating group) is 1. The predicted molar refractivity (Wildman–Crippen MR) is 69.5 cm³/mol. The molecule has 0 radical (unpaired) electrons. The number of hydrogen-bond donors (Lipinski definition) is 0. The molecule has 0 atom stereocenters. The number of allylic oxidation sites excluding steroid dienone is 1. The third-order valence-electron chi connectivity index (χ3n) is 2.27. The zero-order chi connectivity index (χ0) is 12.0. The second-order valence-corrected chi connectivity index (χ2v) is 4.93. The molecule has 2 nitrogen and oxygen atoms in total. The van der Waals surface area contributed by atoms with Crippen molar-refractivity contribution in [3.8, 4) is 5.75 Å². The summed E-state index contributed by atoms with van der Waals surface area (Å²) in [7, 11) is 6.50. The lowest BCUT2D eigenvalue weighted by Gasteiger charge is -2.23. The number of quaternary nitrogens is 1. The molecule has 0 aliphatic carbocycles. The van der Waals surface area contributed by atoms with Crippen molar-refractivity contribution >= 4 is 6.08 Å². The standard InChI is InChI=1S/C14H22NO/c1-5-6-13-7-9-14(10-8-13)16-12-11-15(2,3)4/h5-10H,11-12H2,1-4H3/q+1. The molecule has 0 heterocycles. The molecule has 0 saturated carbocycles. The fourth-order valence-corrected chi connectivity index (χ4v) is 1.30. The minimum Gasteiger partial charge on any atom is -0.488 e. The summed E-state index contributed by atoms with van der Waals surface area (Å²) in [5.41, 5.74) is 1.21. The average molecular weight is 220 g/mol. The van der Waals surface area contributed by atoms with Crippen molar-refractivity contribution in [2.75, 3.05) is 34.3 Å². The topological polar surface area (TPSA) is 9.23 Å². The average Bonchev–Trinajstić information content (AvgIpc) is 2.19. The van der Waals surface area contributed by atoms with Gasteiger partial charge < -0.3 is 9.22 Å². The SMILES string of the molecule is CC=Cc1ccc(OCC[N+](C)(C)C)cc1. The van der Waals surface area contributed by atoms with Crippen LogP contribution < -0.4 is 4.74 Å². The van der Waals surface area contributed by atoms with Crippen LogP contribution in [0.15, 0.2) is 30.3 Å². The molecule has 0 aromatic heterocycles. The number of ether oxygens (including phenoxy) is 1.